The second kappa shape index (κ2) is 15.1. The van der Waals surface area contributed by atoms with E-state index in [1.165, 1.54) is 37.6 Å². The predicted molar refractivity (Wildman–Crippen MR) is 182 cm³/mol. The Labute approximate surface area is 299 Å². The van der Waals surface area contributed by atoms with Crippen LogP contribution >= 0.6 is 0 Å². The van der Waals surface area contributed by atoms with Crippen molar-refractivity contribution in [3.8, 4) is 23.1 Å². The van der Waals surface area contributed by atoms with Crippen LogP contribution in [0.2, 0.25) is 0 Å². The number of anilines is 1. The van der Waals surface area contributed by atoms with E-state index in [4.69, 9.17) is 14.2 Å². The smallest absolute Gasteiger partial charge is 0.422 e. The van der Waals surface area contributed by atoms with Crippen LogP contribution in [0.3, 0.4) is 0 Å². The summed E-state index contributed by atoms with van der Waals surface area (Å²) < 4.78 is 93.9. The van der Waals surface area contributed by atoms with Gasteiger partial charge in [-0.05, 0) is 60.2 Å². The van der Waals surface area contributed by atoms with Crippen LogP contribution in [-0.4, -0.2) is 77.2 Å². The maximum Gasteiger partial charge on any atom is 0.422 e. The second-order valence-corrected chi connectivity index (χ2v) is 12.3. The van der Waals surface area contributed by atoms with Gasteiger partial charge in [-0.15, -0.1) is 0 Å². The summed E-state index contributed by atoms with van der Waals surface area (Å²) in [7, 11) is 2.97. The number of piperazine rings is 1. The molecule has 0 spiro atoms. The lowest BCUT2D eigenvalue weighted by Gasteiger charge is -2.34. The van der Waals surface area contributed by atoms with Gasteiger partial charge in [-0.2, -0.15) is 26.3 Å². The zero-order valence-electron chi connectivity index (χ0n) is 28.4. The fraction of sp³-hybridized carbons (Fsp3) is 0.270. The van der Waals surface area contributed by atoms with Crippen LogP contribution in [0.25, 0.3) is 10.9 Å². The van der Waals surface area contributed by atoms with Crippen molar-refractivity contribution in [2.24, 2.45) is 7.05 Å². The Bertz CT molecular complexity index is 2090. The van der Waals surface area contributed by atoms with E-state index in [1.807, 2.05) is 12.1 Å². The van der Waals surface area contributed by atoms with E-state index >= 15 is 0 Å². The standard InChI is InChI=1S/C37H33F6N5O5/c1-46-30-19-28(53-33-12-7-26(20-44-33)45-34(49)29-11-6-25(37(41,42)43)18-32(29)51-2)10-5-24(30)17-31(46)35(50)48-15-13-47(14-16-48)21-23-3-8-27(9-4-23)52-22-36(38,39)40/h3-12,17-20H,13-16,21-22H2,1-2H3,(H,45,49). The number of amides is 2. The number of benzene rings is 3. The third-order valence-corrected chi connectivity index (χ3v) is 8.62. The number of carbonyl (C=O) groups is 2. The molecule has 53 heavy (non-hydrogen) atoms. The van der Waals surface area contributed by atoms with Crippen LogP contribution in [0.15, 0.2) is 85.1 Å². The van der Waals surface area contributed by atoms with E-state index in [-0.39, 0.29) is 34.5 Å². The van der Waals surface area contributed by atoms with Crippen molar-refractivity contribution in [1.82, 2.24) is 19.4 Å². The van der Waals surface area contributed by atoms with Gasteiger partial charge in [0.25, 0.3) is 11.8 Å². The first-order valence-electron chi connectivity index (χ1n) is 16.3. The van der Waals surface area contributed by atoms with Crippen molar-refractivity contribution in [3.05, 3.63) is 107 Å². The number of aryl methyl sites for hydroxylation is 1. The molecule has 0 aliphatic carbocycles. The molecule has 0 bridgehead atoms. The van der Waals surface area contributed by atoms with E-state index in [0.29, 0.717) is 44.2 Å². The average Bonchev–Trinajstić information content (AvgIpc) is 3.46. The molecule has 1 saturated heterocycles. The van der Waals surface area contributed by atoms with Crippen molar-refractivity contribution >= 4 is 28.4 Å². The molecule has 3 aromatic carbocycles. The maximum atomic E-state index is 13.6. The van der Waals surface area contributed by atoms with Gasteiger partial charge >= 0.3 is 12.4 Å². The molecule has 3 heterocycles. The molecular formula is C37H33F6N5O5. The summed E-state index contributed by atoms with van der Waals surface area (Å²) in [5, 5.41) is 3.41. The minimum Gasteiger partial charge on any atom is -0.496 e. The summed E-state index contributed by atoms with van der Waals surface area (Å²) in [5.74, 6) is -0.223. The molecule has 6 rings (SSSR count). The highest BCUT2D eigenvalue weighted by Gasteiger charge is 2.32. The molecule has 0 radical (unpaired) electrons. The van der Waals surface area contributed by atoms with Crippen LogP contribution in [0.5, 0.6) is 23.1 Å². The van der Waals surface area contributed by atoms with Gasteiger partial charge in [0.05, 0.1) is 35.6 Å². The average molecular weight is 742 g/mol. The van der Waals surface area contributed by atoms with Gasteiger partial charge in [0.2, 0.25) is 5.88 Å². The lowest BCUT2D eigenvalue weighted by atomic mass is 10.1. The van der Waals surface area contributed by atoms with Gasteiger partial charge in [-0.25, -0.2) is 4.98 Å². The SMILES string of the molecule is COc1cc(C(F)(F)F)ccc1C(=O)Nc1ccc(Oc2ccc3cc(C(=O)N4CCN(Cc5ccc(OCC(F)(F)F)cc5)CC4)n(C)c3c2)nc1. The first-order chi connectivity index (χ1) is 25.2. The summed E-state index contributed by atoms with van der Waals surface area (Å²) in [6.07, 6.45) is -7.65. The molecule has 1 N–H and O–H groups in total. The molecule has 16 heteroatoms. The maximum absolute atomic E-state index is 13.6. The number of fused-ring (bicyclic) bond motifs is 1. The van der Waals surface area contributed by atoms with Gasteiger partial charge < -0.3 is 29.0 Å². The van der Waals surface area contributed by atoms with Crippen LogP contribution in [0, 0.1) is 0 Å². The van der Waals surface area contributed by atoms with E-state index in [9.17, 15) is 35.9 Å². The lowest BCUT2D eigenvalue weighted by Crippen LogP contribution is -2.48. The quantitative estimate of drug-likeness (QED) is 0.148. The van der Waals surface area contributed by atoms with Crippen LogP contribution < -0.4 is 19.5 Å². The number of pyridine rings is 1. The zero-order valence-corrected chi connectivity index (χ0v) is 28.4. The van der Waals surface area contributed by atoms with Crippen molar-refractivity contribution < 1.29 is 50.1 Å². The first-order valence-corrected chi connectivity index (χ1v) is 16.3. The Hall–Kier alpha value is -5.77. The molecule has 278 valence electrons. The normalized spacial score (nSPS) is 13.9. The number of alkyl halides is 6. The van der Waals surface area contributed by atoms with Gasteiger partial charge in [0, 0.05) is 57.3 Å². The van der Waals surface area contributed by atoms with E-state index in [1.54, 1.807) is 40.8 Å². The van der Waals surface area contributed by atoms with E-state index < -0.39 is 30.4 Å². The van der Waals surface area contributed by atoms with Crippen LogP contribution in [0.1, 0.15) is 32.0 Å². The molecule has 10 nitrogen and oxygen atoms in total. The monoisotopic (exact) mass is 741 g/mol. The lowest BCUT2D eigenvalue weighted by molar-refractivity contribution is -0.153. The van der Waals surface area contributed by atoms with Gasteiger partial charge in [0.15, 0.2) is 6.61 Å². The number of nitrogens with one attached hydrogen (secondary N) is 1. The topological polar surface area (TPSA) is 98.2 Å². The summed E-state index contributed by atoms with van der Waals surface area (Å²) in [6.45, 7) is 1.49. The van der Waals surface area contributed by atoms with E-state index in [0.717, 1.165) is 34.7 Å². The van der Waals surface area contributed by atoms with Crippen LogP contribution in [-0.2, 0) is 19.8 Å². The van der Waals surface area contributed by atoms with Crippen molar-refractivity contribution in [2.75, 3.05) is 45.2 Å². The van der Waals surface area contributed by atoms with Gasteiger partial charge in [0.1, 0.15) is 22.9 Å². The number of rotatable bonds is 10. The Morgan fingerprint density at radius 1 is 0.849 bits per heavy atom. The third kappa shape index (κ3) is 9.00. The molecule has 0 saturated carbocycles. The fourth-order valence-electron chi connectivity index (χ4n) is 5.85. The number of halogens is 6. The third-order valence-electron chi connectivity index (χ3n) is 8.62. The molecule has 1 aliphatic heterocycles. The number of ether oxygens (including phenoxy) is 3. The molecule has 0 atom stereocenters. The Morgan fingerprint density at radius 3 is 2.21 bits per heavy atom. The number of carbonyl (C=O) groups excluding carboxylic acids is 2. The Morgan fingerprint density at radius 2 is 1.57 bits per heavy atom. The fourth-order valence-corrected chi connectivity index (χ4v) is 5.85. The highest BCUT2D eigenvalue weighted by molar-refractivity contribution is 6.06. The van der Waals surface area contributed by atoms with Crippen molar-refractivity contribution in [1.29, 1.82) is 0 Å². The van der Waals surface area contributed by atoms with Gasteiger partial charge in [-0.1, -0.05) is 12.1 Å². The predicted octanol–water partition coefficient (Wildman–Crippen LogP) is 7.54. The summed E-state index contributed by atoms with van der Waals surface area (Å²) in [6, 6.07) is 19.3. The molecule has 2 amide bonds. The first kappa shape index (κ1) is 37.0. The Kier molecular flexibility index (Phi) is 10.5. The number of nitrogens with zero attached hydrogens (tertiary/aromatic N) is 4. The highest BCUT2D eigenvalue weighted by Crippen LogP contribution is 2.34. The minimum atomic E-state index is -4.59. The van der Waals surface area contributed by atoms with E-state index in [2.05, 4.69) is 15.2 Å². The number of hydrogen-bond acceptors (Lipinski definition) is 7. The molecule has 5 aromatic rings. The number of hydrogen-bond donors (Lipinski definition) is 1. The van der Waals surface area contributed by atoms with Gasteiger partial charge in [-0.3, -0.25) is 14.5 Å². The Balaban J connectivity index is 1.03. The van der Waals surface area contributed by atoms with Crippen LogP contribution in [0.4, 0.5) is 32.0 Å². The van der Waals surface area contributed by atoms with Crippen molar-refractivity contribution in [3.63, 3.8) is 0 Å². The molecule has 1 fully saturated rings. The zero-order chi connectivity index (χ0) is 37.9. The number of aromatic nitrogens is 2. The number of methoxy groups -OCH3 is 1. The second-order valence-electron chi connectivity index (χ2n) is 12.3. The largest absolute Gasteiger partial charge is 0.496 e. The summed E-state index contributed by atoms with van der Waals surface area (Å²) in [4.78, 5) is 34.5. The molecule has 1 aliphatic rings. The summed E-state index contributed by atoms with van der Waals surface area (Å²) in [5.41, 5.74) is 1.43. The molecule has 0 unspecified atom stereocenters. The molecular weight excluding hydrogens is 708 g/mol. The minimum absolute atomic E-state index is 0.0834. The summed E-state index contributed by atoms with van der Waals surface area (Å²) >= 11 is 0. The molecule has 2 aromatic heterocycles. The van der Waals surface area contributed by atoms with Crippen molar-refractivity contribution in [2.45, 2.75) is 18.9 Å². The highest BCUT2D eigenvalue weighted by atomic mass is 19.4.